The van der Waals surface area contributed by atoms with E-state index in [-0.39, 0.29) is 11.9 Å². The maximum Gasteiger partial charge on any atom is 0.317 e. The molecule has 3 heterocycles. The van der Waals surface area contributed by atoms with Crippen LogP contribution >= 0.6 is 11.3 Å². The summed E-state index contributed by atoms with van der Waals surface area (Å²) in [6, 6.07) is 5.73. The second kappa shape index (κ2) is 8.46. The summed E-state index contributed by atoms with van der Waals surface area (Å²) >= 11 is 1.58. The Bertz CT molecular complexity index is 665. The first-order valence-corrected chi connectivity index (χ1v) is 9.31. The van der Waals surface area contributed by atoms with Gasteiger partial charge in [0.05, 0.1) is 30.6 Å². The van der Waals surface area contributed by atoms with Crippen molar-refractivity contribution < 1.29 is 14.6 Å². The molecule has 7 nitrogen and oxygen atoms in total. The minimum Gasteiger partial charge on any atom is -0.387 e. The first-order valence-electron chi connectivity index (χ1n) is 8.43. The van der Waals surface area contributed by atoms with Crippen molar-refractivity contribution in [2.45, 2.75) is 32.1 Å². The number of nitrogens with one attached hydrogen (secondary N) is 2. The molecule has 1 aliphatic heterocycles. The summed E-state index contributed by atoms with van der Waals surface area (Å²) in [6.07, 6.45) is 1.21. The summed E-state index contributed by atoms with van der Waals surface area (Å²) in [6.45, 7) is 2.19. The van der Waals surface area contributed by atoms with Gasteiger partial charge in [0.25, 0.3) is 0 Å². The van der Waals surface area contributed by atoms with Gasteiger partial charge < -0.3 is 20.1 Å². The van der Waals surface area contributed by atoms with Crippen molar-refractivity contribution in [1.82, 2.24) is 20.4 Å². The van der Waals surface area contributed by atoms with Gasteiger partial charge in [-0.1, -0.05) is 6.07 Å². The van der Waals surface area contributed by atoms with Crippen molar-refractivity contribution in [2.24, 2.45) is 5.92 Å². The van der Waals surface area contributed by atoms with Gasteiger partial charge in [0.2, 0.25) is 0 Å². The second-order valence-electron chi connectivity index (χ2n) is 6.26. The van der Waals surface area contributed by atoms with Crippen LogP contribution in [0.25, 0.3) is 0 Å². The molecule has 25 heavy (non-hydrogen) atoms. The first-order chi connectivity index (χ1) is 12.2. The van der Waals surface area contributed by atoms with Crippen molar-refractivity contribution in [1.29, 1.82) is 0 Å². The van der Waals surface area contributed by atoms with Gasteiger partial charge in [0, 0.05) is 25.1 Å². The Hall–Kier alpha value is -1.90. The van der Waals surface area contributed by atoms with Crippen molar-refractivity contribution in [3.63, 3.8) is 0 Å². The van der Waals surface area contributed by atoms with E-state index in [0.717, 1.165) is 29.1 Å². The zero-order valence-corrected chi connectivity index (χ0v) is 15.1. The molecule has 2 aromatic heterocycles. The molecule has 0 bridgehead atoms. The first kappa shape index (κ1) is 17.9. The van der Waals surface area contributed by atoms with Crippen molar-refractivity contribution in [3.8, 4) is 0 Å². The van der Waals surface area contributed by atoms with Gasteiger partial charge in [-0.3, -0.25) is 5.10 Å². The number of H-pyrrole nitrogens is 1. The number of thiophene rings is 1. The average Bonchev–Trinajstić information content (AvgIpc) is 3.31. The second-order valence-corrected chi connectivity index (χ2v) is 7.24. The molecular formula is C17H24N4O3S. The van der Waals surface area contributed by atoms with Crippen LogP contribution in [0.5, 0.6) is 0 Å². The van der Waals surface area contributed by atoms with Crippen LogP contribution in [0.2, 0.25) is 0 Å². The van der Waals surface area contributed by atoms with Crippen LogP contribution < -0.4 is 5.32 Å². The maximum absolute atomic E-state index is 12.3. The summed E-state index contributed by atoms with van der Waals surface area (Å²) < 4.78 is 5.02. The van der Waals surface area contributed by atoms with E-state index in [1.54, 1.807) is 18.4 Å². The largest absolute Gasteiger partial charge is 0.387 e. The van der Waals surface area contributed by atoms with Crippen LogP contribution in [-0.2, 0) is 17.9 Å². The van der Waals surface area contributed by atoms with Crippen LogP contribution in [0.4, 0.5) is 4.79 Å². The minimum atomic E-state index is -0.422. The highest BCUT2D eigenvalue weighted by molar-refractivity contribution is 7.10. The van der Waals surface area contributed by atoms with Gasteiger partial charge in [-0.05, 0) is 36.3 Å². The summed E-state index contributed by atoms with van der Waals surface area (Å²) in [7, 11) is 1.62. The minimum absolute atomic E-state index is 0.0769. The lowest BCUT2D eigenvalue weighted by molar-refractivity contribution is 0.0689. The maximum atomic E-state index is 12.3. The molecule has 3 N–H and O–H groups in total. The van der Waals surface area contributed by atoms with Crippen molar-refractivity contribution >= 4 is 17.4 Å². The summed E-state index contributed by atoms with van der Waals surface area (Å²) in [5.41, 5.74) is 1.67. The highest BCUT2D eigenvalue weighted by Gasteiger charge is 2.28. The van der Waals surface area contributed by atoms with E-state index in [4.69, 9.17) is 4.74 Å². The van der Waals surface area contributed by atoms with E-state index in [9.17, 15) is 9.90 Å². The number of hydrogen-bond acceptors (Lipinski definition) is 5. The fraction of sp³-hybridized carbons (Fsp3) is 0.529. The lowest BCUT2D eigenvalue weighted by atomic mass is 9.90. The molecule has 3 rings (SSSR count). The molecule has 1 unspecified atom stereocenters. The van der Waals surface area contributed by atoms with E-state index in [0.29, 0.717) is 26.2 Å². The number of aliphatic hydroxyl groups excluding tert-OH is 1. The van der Waals surface area contributed by atoms with E-state index in [1.165, 1.54) is 0 Å². The molecule has 2 amide bonds. The quantitative estimate of drug-likeness (QED) is 0.733. The van der Waals surface area contributed by atoms with Gasteiger partial charge in [0.15, 0.2) is 0 Å². The normalized spacial score (nSPS) is 16.8. The number of carbonyl (C=O) groups excluding carboxylic acids is 1. The fourth-order valence-corrected chi connectivity index (χ4v) is 3.92. The Morgan fingerprint density at radius 2 is 2.36 bits per heavy atom. The van der Waals surface area contributed by atoms with E-state index in [1.807, 2.05) is 28.5 Å². The van der Waals surface area contributed by atoms with Crippen molar-refractivity contribution in [2.75, 3.05) is 20.2 Å². The molecule has 0 radical (unpaired) electrons. The number of ether oxygens (including phenoxy) is 1. The molecule has 136 valence electrons. The van der Waals surface area contributed by atoms with Gasteiger partial charge in [-0.2, -0.15) is 5.10 Å². The van der Waals surface area contributed by atoms with E-state index in [2.05, 4.69) is 15.5 Å². The number of rotatable bonds is 6. The van der Waals surface area contributed by atoms with Gasteiger partial charge in [0.1, 0.15) is 0 Å². The van der Waals surface area contributed by atoms with Gasteiger partial charge in [-0.15, -0.1) is 11.3 Å². The Morgan fingerprint density at radius 3 is 3.04 bits per heavy atom. The zero-order valence-electron chi connectivity index (χ0n) is 14.3. The number of piperidine rings is 1. The highest BCUT2D eigenvalue weighted by Crippen LogP contribution is 2.32. The average molecular weight is 364 g/mol. The van der Waals surface area contributed by atoms with Crippen LogP contribution in [0.3, 0.4) is 0 Å². The molecule has 1 aliphatic rings. The number of urea groups is 1. The van der Waals surface area contributed by atoms with E-state index >= 15 is 0 Å². The summed E-state index contributed by atoms with van der Waals surface area (Å²) in [5, 5.41) is 22.3. The number of likely N-dealkylation sites (tertiary alicyclic amines) is 1. The smallest absolute Gasteiger partial charge is 0.317 e. The summed E-state index contributed by atoms with van der Waals surface area (Å²) in [4.78, 5) is 15.1. The molecule has 1 atom stereocenters. The summed E-state index contributed by atoms with van der Waals surface area (Å²) in [5.74, 6) is 0.215. The van der Waals surface area contributed by atoms with Crippen LogP contribution in [0.15, 0.2) is 23.6 Å². The van der Waals surface area contributed by atoms with E-state index < -0.39 is 6.10 Å². The number of hydrogen-bond donors (Lipinski definition) is 3. The molecule has 8 heteroatoms. The number of aliphatic hydroxyl groups is 1. The molecule has 2 aromatic rings. The molecule has 1 saturated heterocycles. The Labute approximate surface area is 151 Å². The molecule has 0 saturated carbocycles. The zero-order chi connectivity index (χ0) is 17.6. The van der Waals surface area contributed by atoms with Crippen LogP contribution in [0.1, 0.15) is 35.2 Å². The van der Waals surface area contributed by atoms with Crippen molar-refractivity contribution in [3.05, 3.63) is 39.8 Å². The lowest BCUT2D eigenvalue weighted by Crippen LogP contribution is -2.44. The number of nitrogens with zero attached hydrogens (tertiary/aromatic N) is 2. The predicted molar refractivity (Wildman–Crippen MR) is 95.1 cm³/mol. The molecule has 0 aliphatic carbocycles. The lowest BCUT2D eigenvalue weighted by Gasteiger charge is -2.34. The number of carbonyl (C=O) groups is 1. The molecule has 0 spiro atoms. The van der Waals surface area contributed by atoms with Gasteiger partial charge >= 0.3 is 6.03 Å². The van der Waals surface area contributed by atoms with Crippen LogP contribution in [0, 0.1) is 5.92 Å². The third-order valence-corrected chi connectivity index (χ3v) is 5.46. The third kappa shape index (κ3) is 4.59. The SMILES string of the molecule is COCc1cc(CNC(=O)N2CCC(C(O)c3cccs3)CC2)[nH]n1. The topological polar surface area (TPSA) is 90.5 Å². The fourth-order valence-electron chi connectivity index (χ4n) is 3.11. The molecule has 1 fully saturated rings. The Balaban J connectivity index is 1.43. The predicted octanol–water partition coefficient (Wildman–Crippen LogP) is 2.27. The molecular weight excluding hydrogens is 340 g/mol. The number of amides is 2. The monoisotopic (exact) mass is 364 g/mol. The standard InChI is InChI=1S/C17H24N4O3S/c1-24-11-14-9-13(19-20-14)10-18-17(23)21-6-4-12(5-7-21)16(22)15-3-2-8-25-15/h2-3,8-9,12,16,22H,4-7,10-11H2,1H3,(H,18,23)(H,19,20). The highest BCUT2D eigenvalue weighted by atomic mass is 32.1. The van der Waals surface area contributed by atoms with Crippen LogP contribution in [-0.4, -0.2) is 46.4 Å². The number of aromatic amines is 1. The third-order valence-electron chi connectivity index (χ3n) is 4.51. The van der Waals surface area contributed by atoms with Gasteiger partial charge in [-0.25, -0.2) is 4.79 Å². The number of methoxy groups -OCH3 is 1. The molecule has 0 aromatic carbocycles. The number of aromatic nitrogens is 2. The Morgan fingerprint density at radius 1 is 1.56 bits per heavy atom. The Kier molecular flexibility index (Phi) is 6.06.